The first-order valence-electron chi connectivity index (χ1n) is 4.80. The van der Waals surface area contributed by atoms with E-state index < -0.39 is 0 Å². The molecule has 2 aromatic rings. The normalized spacial score (nSPS) is 10.1. The van der Waals surface area contributed by atoms with Gasteiger partial charge in [0.1, 0.15) is 23.7 Å². The van der Waals surface area contributed by atoms with Crippen LogP contribution < -0.4 is 16.2 Å². The van der Waals surface area contributed by atoms with E-state index in [0.29, 0.717) is 16.4 Å². The summed E-state index contributed by atoms with van der Waals surface area (Å²) in [7, 11) is 0. The van der Waals surface area contributed by atoms with Gasteiger partial charge < -0.3 is 10.5 Å². The zero-order chi connectivity index (χ0) is 12.3. The minimum Gasteiger partial charge on any atom is -0.487 e. The molecule has 7 heteroatoms. The molecule has 0 amide bonds. The lowest BCUT2D eigenvalue weighted by Gasteiger charge is -2.05. The Kier molecular flexibility index (Phi) is 3.20. The van der Waals surface area contributed by atoms with E-state index in [1.807, 2.05) is 0 Å². The molecule has 3 N–H and O–H groups in total. The number of nitrogens with one attached hydrogen (secondary N) is 1. The second-order valence-electron chi connectivity index (χ2n) is 3.28. The number of rotatable bonds is 4. The average molecular weight is 250 g/mol. The van der Waals surface area contributed by atoms with Crippen LogP contribution in [-0.2, 0) is 0 Å². The number of nitrogens with two attached hydrogens (primary N) is 1. The number of aromatic amines is 1. The molecular weight excluding hydrogens is 240 g/mol. The lowest BCUT2D eigenvalue weighted by Crippen LogP contribution is -2.18. The fraction of sp³-hybridized carbons (Fsp3) is 0.100. The number of aromatic nitrogens is 3. The topological polar surface area (TPSA) is 85.9 Å². The molecule has 0 spiro atoms. The summed E-state index contributed by atoms with van der Waals surface area (Å²) in [4.78, 5) is 11.6. The van der Waals surface area contributed by atoms with Crippen molar-refractivity contribution in [2.24, 2.45) is 5.73 Å². The summed E-state index contributed by atoms with van der Waals surface area (Å²) < 4.78 is 6.68. The van der Waals surface area contributed by atoms with Crippen LogP contribution in [0.5, 0.6) is 5.75 Å². The van der Waals surface area contributed by atoms with Gasteiger partial charge in [0.2, 0.25) is 0 Å². The van der Waals surface area contributed by atoms with Crippen molar-refractivity contribution in [3.8, 4) is 11.4 Å². The van der Waals surface area contributed by atoms with Crippen LogP contribution in [0.25, 0.3) is 5.69 Å². The Labute approximate surface area is 102 Å². The number of ether oxygens (including phenoxy) is 1. The van der Waals surface area contributed by atoms with Crippen LogP contribution >= 0.6 is 12.2 Å². The van der Waals surface area contributed by atoms with Crippen molar-refractivity contribution in [2.75, 3.05) is 6.61 Å². The maximum atomic E-state index is 11.3. The monoisotopic (exact) mass is 250 g/mol. The number of thiocarbonyl (C=S) groups is 1. The highest BCUT2D eigenvalue weighted by molar-refractivity contribution is 7.80. The van der Waals surface area contributed by atoms with Gasteiger partial charge in [-0.25, -0.2) is 14.5 Å². The third kappa shape index (κ3) is 2.70. The highest BCUT2D eigenvalue weighted by Gasteiger charge is 2.01. The Morgan fingerprint density at radius 3 is 2.71 bits per heavy atom. The van der Waals surface area contributed by atoms with Gasteiger partial charge in [-0.05, 0) is 24.3 Å². The molecule has 0 aliphatic rings. The second kappa shape index (κ2) is 4.79. The molecule has 0 fully saturated rings. The van der Waals surface area contributed by atoms with Gasteiger partial charge in [-0.1, -0.05) is 12.2 Å². The van der Waals surface area contributed by atoms with Crippen LogP contribution in [-0.4, -0.2) is 26.4 Å². The first-order chi connectivity index (χ1) is 8.16. The van der Waals surface area contributed by atoms with Crippen molar-refractivity contribution in [3.63, 3.8) is 0 Å². The van der Waals surface area contributed by atoms with Crippen LogP contribution in [0.2, 0.25) is 0 Å². The van der Waals surface area contributed by atoms with Gasteiger partial charge in [0, 0.05) is 0 Å². The Morgan fingerprint density at radius 1 is 1.47 bits per heavy atom. The molecule has 88 valence electrons. The second-order valence-corrected chi connectivity index (χ2v) is 3.80. The molecule has 0 saturated heterocycles. The highest BCUT2D eigenvalue weighted by atomic mass is 32.1. The largest absolute Gasteiger partial charge is 0.487 e. The quantitative estimate of drug-likeness (QED) is 0.758. The van der Waals surface area contributed by atoms with Crippen molar-refractivity contribution >= 4 is 17.2 Å². The third-order valence-electron chi connectivity index (χ3n) is 2.05. The number of H-pyrrole nitrogens is 1. The summed E-state index contributed by atoms with van der Waals surface area (Å²) in [5.41, 5.74) is 5.73. The molecule has 1 aromatic carbocycles. The van der Waals surface area contributed by atoms with E-state index in [4.69, 9.17) is 22.7 Å². The Hall–Kier alpha value is -2.15. The maximum Gasteiger partial charge on any atom is 0.347 e. The first-order valence-corrected chi connectivity index (χ1v) is 5.21. The average Bonchev–Trinajstić information content (AvgIpc) is 2.73. The lowest BCUT2D eigenvalue weighted by molar-refractivity contribution is 0.377. The lowest BCUT2D eigenvalue weighted by atomic mass is 10.3. The summed E-state index contributed by atoms with van der Waals surface area (Å²) in [6, 6.07) is 6.94. The predicted molar refractivity (Wildman–Crippen MR) is 66.5 cm³/mol. The molecule has 0 unspecified atom stereocenters. The Bertz CT molecular complexity index is 572. The van der Waals surface area contributed by atoms with E-state index in [-0.39, 0.29) is 12.3 Å². The van der Waals surface area contributed by atoms with Gasteiger partial charge in [-0.2, -0.15) is 5.10 Å². The van der Waals surface area contributed by atoms with Crippen LogP contribution in [0.15, 0.2) is 35.4 Å². The summed E-state index contributed by atoms with van der Waals surface area (Å²) in [6.45, 7) is 0.195. The predicted octanol–water partition coefficient (Wildman–Crippen LogP) is 0.225. The molecule has 0 bridgehead atoms. The van der Waals surface area contributed by atoms with Gasteiger partial charge in [-0.15, -0.1) is 0 Å². The molecule has 0 aliphatic carbocycles. The maximum absolute atomic E-state index is 11.3. The van der Waals surface area contributed by atoms with Gasteiger partial charge in [0.25, 0.3) is 0 Å². The van der Waals surface area contributed by atoms with Crippen molar-refractivity contribution in [1.29, 1.82) is 0 Å². The SMILES string of the molecule is NC(=S)COc1ccc(-n2cn[nH]c2=O)cc1. The van der Waals surface area contributed by atoms with E-state index in [1.54, 1.807) is 24.3 Å². The third-order valence-corrected chi connectivity index (χ3v) is 2.17. The van der Waals surface area contributed by atoms with Crippen LogP contribution in [0.3, 0.4) is 0 Å². The molecule has 6 nitrogen and oxygen atoms in total. The summed E-state index contributed by atoms with van der Waals surface area (Å²) in [6.07, 6.45) is 1.41. The fourth-order valence-corrected chi connectivity index (χ4v) is 1.35. The standard InChI is InChI=1S/C10H10N4O2S/c11-9(17)5-16-8-3-1-7(2-4-8)14-6-12-13-10(14)15/h1-4,6H,5H2,(H2,11,17)(H,13,15). The first kappa shape index (κ1) is 11.3. The number of hydrogen-bond acceptors (Lipinski definition) is 4. The molecule has 17 heavy (non-hydrogen) atoms. The number of hydrogen-bond donors (Lipinski definition) is 2. The smallest absolute Gasteiger partial charge is 0.347 e. The van der Waals surface area contributed by atoms with E-state index in [1.165, 1.54) is 10.9 Å². The van der Waals surface area contributed by atoms with E-state index >= 15 is 0 Å². The van der Waals surface area contributed by atoms with Gasteiger partial charge in [0.05, 0.1) is 5.69 Å². The number of nitrogens with zero attached hydrogens (tertiary/aromatic N) is 2. The van der Waals surface area contributed by atoms with Crippen LogP contribution in [0.1, 0.15) is 0 Å². The van der Waals surface area contributed by atoms with Gasteiger partial charge >= 0.3 is 5.69 Å². The molecule has 1 aromatic heterocycles. The van der Waals surface area contributed by atoms with E-state index in [0.717, 1.165) is 0 Å². The Balaban J connectivity index is 2.16. The van der Waals surface area contributed by atoms with Gasteiger partial charge in [0.15, 0.2) is 0 Å². The van der Waals surface area contributed by atoms with Crippen molar-refractivity contribution in [2.45, 2.75) is 0 Å². The molecular formula is C10H10N4O2S. The zero-order valence-corrected chi connectivity index (χ0v) is 9.61. The van der Waals surface area contributed by atoms with Crippen molar-refractivity contribution in [3.05, 3.63) is 41.1 Å². The fourth-order valence-electron chi connectivity index (χ4n) is 1.29. The summed E-state index contributed by atoms with van der Waals surface area (Å²) >= 11 is 4.70. The van der Waals surface area contributed by atoms with E-state index in [2.05, 4.69) is 10.2 Å². The Morgan fingerprint density at radius 2 is 2.18 bits per heavy atom. The van der Waals surface area contributed by atoms with Crippen LogP contribution in [0.4, 0.5) is 0 Å². The molecule has 0 saturated carbocycles. The summed E-state index contributed by atoms with van der Waals surface area (Å²) in [5, 5.41) is 5.95. The molecule has 2 rings (SSSR count). The van der Waals surface area contributed by atoms with Crippen molar-refractivity contribution < 1.29 is 4.74 Å². The van der Waals surface area contributed by atoms with Crippen molar-refractivity contribution in [1.82, 2.24) is 14.8 Å². The molecule has 0 aliphatic heterocycles. The zero-order valence-electron chi connectivity index (χ0n) is 8.79. The molecule has 0 radical (unpaired) electrons. The number of benzene rings is 1. The molecule has 0 atom stereocenters. The highest BCUT2D eigenvalue weighted by Crippen LogP contribution is 2.13. The minimum absolute atomic E-state index is 0.195. The van der Waals surface area contributed by atoms with E-state index in [9.17, 15) is 4.79 Å². The minimum atomic E-state index is -0.290. The summed E-state index contributed by atoms with van der Waals surface area (Å²) in [5.74, 6) is 0.637. The van der Waals surface area contributed by atoms with Gasteiger partial charge in [-0.3, -0.25) is 0 Å². The van der Waals surface area contributed by atoms with Crippen LogP contribution in [0, 0.1) is 0 Å². The molecule has 1 heterocycles.